The Bertz CT molecular complexity index is 271. The van der Waals surface area contributed by atoms with Gasteiger partial charge in [-0.25, -0.2) is 0 Å². The number of unbranched alkanes of at least 4 members (excludes halogenated alkanes) is 7. The molecule has 1 aromatic carbocycles. The van der Waals surface area contributed by atoms with Crippen LogP contribution in [0.15, 0.2) is 24.3 Å². The first-order valence-electron chi connectivity index (χ1n) is 7.52. The molecular weight excluding hydrogens is 234 g/mol. The molecule has 0 spiro atoms. The Hall–Kier alpha value is -1.22. The predicted molar refractivity (Wildman–Crippen MR) is 86.9 cm³/mol. The van der Waals surface area contributed by atoms with Crippen molar-refractivity contribution in [1.82, 2.24) is 0 Å². The number of hydrogen-bond donors (Lipinski definition) is 3. The van der Waals surface area contributed by atoms with Crippen molar-refractivity contribution in [2.24, 2.45) is 5.73 Å². The molecule has 19 heavy (non-hydrogen) atoms. The fourth-order valence-electron chi connectivity index (χ4n) is 1.79. The van der Waals surface area contributed by atoms with E-state index in [0.29, 0.717) is 11.4 Å². The van der Waals surface area contributed by atoms with Gasteiger partial charge in [0.05, 0.1) is 11.4 Å². The van der Waals surface area contributed by atoms with Gasteiger partial charge >= 0.3 is 0 Å². The average molecular weight is 265 g/mol. The Balaban J connectivity index is 0.000000356. The van der Waals surface area contributed by atoms with E-state index in [1.54, 1.807) is 12.1 Å². The zero-order valence-electron chi connectivity index (χ0n) is 12.4. The molecule has 0 unspecified atom stereocenters. The summed E-state index contributed by atoms with van der Waals surface area (Å²) in [5.41, 5.74) is 17.5. The molecule has 3 nitrogen and oxygen atoms in total. The summed E-state index contributed by atoms with van der Waals surface area (Å²) < 4.78 is 0. The summed E-state index contributed by atoms with van der Waals surface area (Å²) in [5.74, 6) is 0. The maximum absolute atomic E-state index is 5.39. The molecule has 0 bridgehead atoms. The molecule has 3 heteroatoms. The molecule has 0 saturated heterocycles. The van der Waals surface area contributed by atoms with Gasteiger partial charge in [0.1, 0.15) is 0 Å². The number of nitrogen functional groups attached to an aromatic ring is 2. The molecule has 0 aliphatic heterocycles. The van der Waals surface area contributed by atoms with Gasteiger partial charge < -0.3 is 17.2 Å². The Morgan fingerprint density at radius 1 is 0.737 bits per heavy atom. The van der Waals surface area contributed by atoms with Crippen LogP contribution >= 0.6 is 0 Å². The molecule has 110 valence electrons. The number of rotatable bonds is 8. The lowest BCUT2D eigenvalue weighted by Gasteiger charge is -1.99. The summed E-state index contributed by atoms with van der Waals surface area (Å²) in [5, 5.41) is 0. The van der Waals surface area contributed by atoms with Crippen molar-refractivity contribution in [3.8, 4) is 0 Å². The fraction of sp³-hybridized carbons (Fsp3) is 0.625. The average Bonchev–Trinajstić information content (AvgIpc) is 2.42. The quantitative estimate of drug-likeness (QED) is 0.492. The van der Waals surface area contributed by atoms with Crippen LogP contribution in [0.5, 0.6) is 0 Å². The van der Waals surface area contributed by atoms with Crippen molar-refractivity contribution in [3.63, 3.8) is 0 Å². The summed E-state index contributed by atoms with van der Waals surface area (Å²) in [6.45, 7) is 3.13. The van der Waals surface area contributed by atoms with Gasteiger partial charge in [-0.05, 0) is 25.1 Å². The summed E-state index contributed by atoms with van der Waals surface area (Å²) in [6, 6.07) is 7.25. The van der Waals surface area contributed by atoms with Crippen molar-refractivity contribution < 1.29 is 0 Å². The van der Waals surface area contributed by atoms with Crippen LogP contribution in [0.3, 0.4) is 0 Å². The molecule has 0 aromatic heterocycles. The van der Waals surface area contributed by atoms with Gasteiger partial charge in [0.2, 0.25) is 0 Å². The zero-order chi connectivity index (χ0) is 14.3. The van der Waals surface area contributed by atoms with Crippen LogP contribution in [-0.2, 0) is 0 Å². The van der Waals surface area contributed by atoms with E-state index >= 15 is 0 Å². The molecule has 0 aliphatic rings. The topological polar surface area (TPSA) is 78.1 Å². The first-order chi connectivity index (χ1) is 9.22. The molecule has 0 radical (unpaired) electrons. The Morgan fingerprint density at radius 2 is 1.16 bits per heavy atom. The first kappa shape index (κ1) is 17.8. The third-order valence-electron chi connectivity index (χ3n) is 3.05. The molecule has 0 fully saturated rings. The number of anilines is 2. The van der Waals surface area contributed by atoms with Crippen LogP contribution in [0, 0.1) is 0 Å². The van der Waals surface area contributed by atoms with Gasteiger partial charge in [-0.3, -0.25) is 0 Å². The van der Waals surface area contributed by atoms with Gasteiger partial charge in [-0.2, -0.15) is 0 Å². The van der Waals surface area contributed by atoms with Crippen LogP contribution in [-0.4, -0.2) is 6.54 Å². The van der Waals surface area contributed by atoms with E-state index in [0.717, 1.165) is 6.54 Å². The molecule has 6 N–H and O–H groups in total. The normalized spacial score (nSPS) is 9.79. The molecular formula is C16H31N3. The second-order valence-corrected chi connectivity index (χ2v) is 4.89. The lowest BCUT2D eigenvalue weighted by atomic mass is 10.1. The van der Waals surface area contributed by atoms with Gasteiger partial charge in [-0.1, -0.05) is 64.0 Å². The largest absolute Gasteiger partial charge is 0.397 e. The van der Waals surface area contributed by atoms with E-state index in [4.69, 9.17) is 17.2 Å². The molecule has 0 aliphatic carbocycles. The second kappa shape index (κ2) is 13.2. The van der Waals surface area contributed by atoms with Crippen LogP contribution in [0.1, 0.15) is 58.3 Å². The molecule has 0 atom stereocenters. The summed E-state index contributed by atoms with van der Waals surface area (Å²) in [4.78, 5) is 0. The highest BCUT2D eigenvalue weighted by molar-refractivity contribution is 5.62. The SMILES string of the molecule is CCCCCCCCCCN.Nc1ccccc1N. The van der Waals surface area contributed by atoms with Gasteiger partial charge in [0.25, 0.3) is 0 Å². The zero-order valence-corrected chi connectivity index (χ0v) is 12.4. The number of nitrogens with two attached hydrogens (primary N) is 3. The van der Waals surface area contributed by atoms with E-state index in [1.807, 2.05) is 12.1 Å². The minimum atomic E-state index is 0.646. The van der Waals surface area contributed by atoms with Crippen molar-refractivity contribution >= 4 is 11.4 Å². The van der Waals surface area contributed by atoms with Crippen LogP contribution < -0.4 is 17.2 Å². The third kappa shape index (κ3) is 11.6. The van der Waals surface area contributed by atoms with Crippen LogP contribution in [0.4, 0.5) is 11.4 Å². The maximum atomic E-state index is 5.39. The maximum Gasteiger partial charge on any atom is 0.0547 e. The number of hydrogen-bond acceptors (Lipinski definition) is 3. The molecule has 1 rings (SSSR count). The molecule has 0 amide bonds. The molecule has 0 saturated carbocycles. The van der Waals surface area contributed by atoms with Crippen LogP contribution in [0.2, 0.25) is 0 Å². The highest BCUT2D eigenvalue weighted by Crippen LogP contribution is 2.10. The lowest BCUT2D eigenvalue weighted by Crippen LogP contribution is -1.97. The minimum Gasteiger partial charge on any atom is -0.397 e. The predicted octanol–water partition coefficient (Wildman–Crippen LogP) is 3.94. The van der Waals surface area contributed by atoms with Crippen LogP contribution in [0.25, 0.3) is 0 Å². The van der Waals surface area contributed by atoms with Crippen molar-refractivity contribution in [2.45, 2.75) is 58.3 Å². The number of benzene rings is 1. The third-order valence-corrected chi connectivity index (χ3v) is 3.05. The highest BCUT2D eigenvalue weighted by Gasteiger charge is 1.89. The van der Waals surface area contributed by atoms with Gasteiger partial charge in [-0.15, -0.1) is 0 Å². The summed E-state index contributed by atoms with van der Waals surface area (Å²) >= 11 is 0. The van der Waals surface area contributed by atoms with Crippen molar-refractivity contribution in [2.75, 3.05) is 18.0 Å². The second-order valence-electron chi connectivity index (χ2n) is 4.89. The molecule has 1 aromatic rings. The standard InChI is InChI=1S/C10H23N.C6H8N2/c1-2-3-4-5-6-7-8-9-10-11;7-5-3-1-2-4-6(5)8/h2-11H2,1H3;1-4H,7-8H2. The fourth-order valence-corrected chi connectivity index (χ4v) is 1.79. The van der Waals surface area contributed by atoms with Gasteiger partial charge in [0.15, 0.2) is 0 Å². The Kier molecular flexibility index (Phi) is 12.4. The summed E-state index contributed by atoms with van der Waals surface area (Å²) in [7, 11) is 0. The van der Waals surface area contributed by atoms with Gasteiger partial charge in [0, 0.05) is 0 Å². The van der Waals surface area contributed by atoms with Crippen molar-refractivity contribution in [1.29, 1.82) is 0 Å². The monoisotopic (exact) mass is 265 g/mol. The lowest BCUT2D eigenvalue weighted by molar-refractivity contribution is 0.578. The van der Waals surface area contributed by atoms with E-state index in [2.05, 4.69) is 6.92 Å². The Labute approximate surface area is 118 Å². The van der Waals surface area contributed by atoms with E-state index in [1.165, 1.54) is 51.4 Å². The van der Waals surface area contributed by atoms with E-state index in [9.17, 15) is 0 Å². The molecule has 0 heterocycles. The first-order valence-corrected chi connectivity index (χ1v) is 7.52. The number of para-hydroxylation sites is 2. The highest BCUT2D eigenvalue weighted by atomic mass is 14.7. The smallest absolute Gasteiger partial charge is 0.0547 e. The Morgan fingerprint density at radius 3 is 1.53 bits per heavy atom. The van der Waals surface area contributed by atoms with Crippen molar-refractivity contribution in [3.05, 3.63) is 24.3 Å². The van der Waals surface area contributed by atoms with E-state index < -0.39 is 0 Å². The van der Waals surface area contributed by atoms with E-state index in [-0.39, 0.29) is 0 Å². The summed E-state index contributed by atoms with van der Waals surface area (Å²) in [6.07, 6.45) is 11.0. The minimum absolute atomic E-state index is 0.646.